The molecule has 0 radical (unpaired) electrons. The van der Waals surface area contributed by atoms with E-state index in [1.807, 2.05) is 199 Å². The summed E-state index contributed by atoms with van der Waals surface area (Å²) in [4.78, 5) is 83.2. The van der Waals surface area contributed by atoms with Crippen molar-refractivity contribution < 1.29 is 28.8 Å². The number of nitrogens with one attached hydrogen (secondary N) is 6. The Bertz CT molecular complexity index is 2890. The van der Waals surface area contributed by atoms with Crippen LogP contribution in [0.4, 0.5) is 0 Å². The number of hydrogen-bond donors (Lipinski definition) is 6. The van der Waals surface area contributed by atoms with Gasteiger partial charge in [0.1, 0.15) is 0 Å². The van der Waals surface area contributed by atoms with E-state index >= 15 is 0 Å². The monoisotopic (exact) mass is 1510 g/mol. The van der Waals surface area contributed by atoms with Gasteiger partial charge in [-0.05, 0) is 0 Å². The van der Waals surface area contributed by atoms with Gasteiger partial charge in [0.05, 0.1) is 0 Å². The first-order chi connectivity index (χ1) is 39.3. The van der Waals surface area contributed by atoms with Crippen molar-refractivity contribution in [1.29, 1.82) is 0 Å². The van der Waals surface area contributed by atoms with Gasteiger partial charge in [-0.25, -0.2) is 0 Å². The SMILES string of the molecule is C=CNC(=O)c1ccc([S][Sb]([S]c2ccc(C(=O)NC=C)cc2)[c]2c[c]([Sb]([S]c3ccc(C(=O)NC=C)cc3)[S]c3ccc(C(=O)NC=C)cc3)c[c]([Sb]([S]c3ccc(C(=O)NC=C)cc3)[S]c3ccc(C(=O)NC=C)cc3)c2)cc1. The second kappa shape index (κ2) is 32.3. The Hall–Kier alpha value is -5.65. The fraction of sp³-hybridized carbons (Fsp3) is 0. The van der Waals surface area contributed by atoms with E-state index in [0.717, 1.165) is 29.4 Å². The van der Waals surface area contributed by atoms with Gasteiger partial charge in [-0.2, -0.15) is 0 Å². The molecule has 0 bridgehead atoms. The Morgan fingerprint density at radius 1 is 0.259 bits per heavy atom. The van der Waals surface area contributed by atoms with Crippen LogP contribution in [-0.4, -0.2) is 87.7 Å². The normalized spacial score (nSPS) is 10.7. The van der Waals surface area contributed by atoms with Gasteiger partial charge in [0.25, 0.3) is 0 Å². The third kappa shape index (κ3) is 18.7. The second-order valence-corrected chi connectivity index (χ2v) is 57.7. The molecule has 81 heavy (non-hydrogen) atoms. The average Bonchev–Trinajstić information content (AvgIpc) is 3.57. The van der Waals surface area contributed by atoms with Gasteiger partial charge in [0.2, 0.25) is 0 Å². The molecule has 0 unspecified atom stereocenters. The molecule has 0 aliphatic carbocycles. The predicted octanol–water partition coefficient (Wildman–Crippen LogP) is 10.8. The van der Waals surface area contributed by atoms with Crippen LogP contribution in [0.5, 0.6) is 0 Å². The number of amides is 6. The van der Waals surface area contributed by atoms with Crippen molar-refractivity contribution in [3.63, 3.8) is 0 Å². The van der Waals surface area contributed by atoms with Gasteiger partial charge < -0.3 is 0 Å². The van der Waals surface area contributed by atoms with Crippen LogP contribution < -0.4 is 42.4 Å². The van der Waals surface area contributed by atoms with E-state index in [1.54, 1.807) is 0 Å². The molecule has 12 nitrogen and oxygen atoms in total. The van der Waals surface area contributed by atoms with Crippen molar-refractivity contribution in [2.75, 3.05) is 0 Å². The van der Waals surface area contributed by atoms with Crippen molar-refractivity contribution in [3.8, 4) is 0 Å². The zero-order chi connectivity index (χ0) is 57.7. The molecule has 0 aromatic heterocycles. The zero-order valence-corrected chi connectivity index (χ0v) is 55.6. The number of carbonyl (C=O) groups excluding carboxylic acids is 6. The molecular formula is C60H51N6O6S6Sb3. The van der Waals surface area contributed by atoms with Crippen LogP contribution in [-0.2, 0) is 0 Å². The van der Waals surface area contributed by atoms with Crippen LogP contribution in [0.3, 0.4) is 0 Å². The molecule has 0 aliphatic heterocycles. The predicted molar refractivity (Wildman–Crippen MR) is 342 cm³/mol. The number of benzene rings is 7. The maximum atomic E-state index is 12.9. The van der Waals surface area contributed by atoms with E-state index < -0.39 is 52.2 Å². The summed E-state index contributed by atoms with van der Waals surface area (Å²) in [5, 5.41) is 16.0. The first-order valence-electron chi connectivity index (χ1n) is 24.1. The van der Waals surface area contributed by atoms with Crippen LogP contribution >= 0.6 is 53.1 Å². The van der Waals surface area contributed by atoms with Gasteiger partial charge in [0, 0.05) is 0 Å². The first kappa shape index (κ1) is 62.9. The van der Waals surface area contributed by atoms with E-state index in [2.05, 4.69) is 89.6 Å². The molecule has 0 saturated heterocycles. The molecule has 0 heterocycles. The van der Waals surface area contributed by atoms with Gasteiger partial charge in [-0.15, -0.1) is 0 Å². The van der Waals surface area contributed by atoms with Crippen LogP contribution in [0.25, 0.3) is 0 Å². The first-order valence-corrected chi connectivity index (χ1v) is 51.3. The van der Waals surface area contributed by atoms with Crippen LogP contribution in [0.1, 0.15) is 62.1 Å². The second-order valence-electron chi connectivity index (χ2n) is 16.2. The summed E-state index contributed by atoms with van der Waals surface area (Å²) in [5.74, 6) is -1.58. The molecule has 0 spiro atoms. The summed E-state index contributed by atoms with van der Waals surface area (Å²) in [7, 11) is 10.9. The van der Waals surface area contributed by atoms with E-state index in [0.29, 0.717) is 33.4 Å². The number of hydrogen-bond acceptors (Lipinski definition) is 12. The fourth-order valence-electron chi connectivity index (χ4n) is 6.90. The molecule has 6 amide bonds. The third-order valence-electron chi connectivity index (χ3n) is 10.7. The number of rotatable bonds is 27. The molecular weight excluding hydrogens is 1460 g/mol. The van der Waals surface area contributed by atoms with Crippen molar-refractivity contribution in [3.05, 3.63) is 274 Å². The summed E-state index contributed by atoms with van der Waals surface area (Å²) in [5.41, 5.74) is 2.97. The van der Waals surface area contributed by atoms with E-state index in [1.165, 1.54) is 47.7 Å². The third-order valence-corrected chi connectivity index (χ3v) is 57.3. The summed E-state index contributed by atoms with van der Waals surface area (Å²) < 4.78 is 3.61. The molecule has 7 rings (SSSR count). The van der Waals surface area contributed by atoms with E-state index in [4.69, 9.17) is 0 Å². The molecule has 6 N–H and O–H groups in total. The Balaban J connectivity index is 1.44. The van der Waals surface area contributed by atoms with Crippen molar-refractivity contribution in [2.45, 2.75) is 29.4 Å². The Morgan fingerprint density at radius 2 is 0.395 bits per heavy atom. The van der Waals surface area contributed by atoms with E-state index in [9.17, 15) is 28.8 Å². The Kier molecular flexibility index (Phi) is 25.1. The van der Waals surface area contributed by atoms with Gasteiger partial charge in [-0.1, -0.05) is 0 Å². The fourth-order valence-corrected chi connectivity index (χ4v) is 56.6. The maximum absolute atomic E-state index is 12.9. The standard InChI is InChI=1S/6C9H9NOS.C6H3.3Sb/c6*1-2-10-9(11)7-3-5-8(12)6-4-7;1-2-4-6-5-3-1;;;/h6*2-6,12H,1H2,(H,10,11);1,4-5H;;;/q;;;;;;;3*+2/p-6. The Morgan fingerprint density at radius 3 is 0.519 bits per heavy atom. The van der Waals surface area contributed by atoms with Crippen LogP contribution in [0.2, 0.25) is 0 Å². The summed E-state index contributed by atoms with van der Waals surface area (Å²) in [6.45, 7) is 21.9. The van der Waals surface area contributed by atoms with Gasteiger partial charge in [0.15, 0.2) is 0 Å². The molecule has 0 fully saturated rings. The minimum absolute atomic E-state index is 0.264. The van der Waals surface area contributed by atoms with Crippen molar-refractivity contribution >= 4 is 151 Å². The Labute approximate surface area is 509 Å². The molecule has 0 saturated carbocycles. The van der Waals surface area contributed by atoms with Crippen LogP contribution in [0.15, 0.2) is 270 Å². The zero-order valence-electron chi connectivity index (χ0n) is 43.0. The minimum atomic E-state index is -2.97. The van der Waals surface area contributed by atoms with E-state index in [-0.39, 0.29) is 35.4 Å². The summed E-state index contributed by atoms with van der Waals surface area (Å²) in [6, 6.07) is 52.6. The topological polar surface area (TPSA) is 175 Å². The van der Waals surface area contributed by atoms with Crippen molar-refractivity contribution in [1.82, 2.24) is 31.9 Å². The number of carbonyl (C=O) groups is 6. The van der Waals surface area contributed by atoms with Gasteiger partial charge in [-0.3, -0.25) is 0 Å². The summed E-state index contributed by atoms with van der Waals surface area (Å²) in [6.07, 6.45) is 8.15. The van der Waals surface area contributed by atoms with Crippen LogP contribution in [0, 0.1) is 0 Å². The quantitative estimate of drug-likeness (QED) is 0.0269. The molecule has 0 atom stereocenters. The molecule has 408 valence electrons. The average molecular weight is 1510 g/mol. The molecule has 7 aromatic carbocycles. The van der Waals surface area contributed by atoms with Gasteiger partial charge >= 0.3 is 515 Å². The summed E-state index contributed by atoms with van der Waals surface area (Å²) >= 11 is -8.90. The molecule has 21 heteroatoms. The molecule has 7 aromatic rings. The molecule has 0 aliphatic rings. The van der Waals surface area contributed by atoms with Crippen molar-refractivity contribution in [2.24, 2.45) is 0 Å².